The zero-order chi connectivity index (χ0) is 27.1. The summed E-state index contributed by atoms with van der Waals surface area (Å²) >= 11 is 5.79. The number of anilines is 1. The van der Waals surface area contributed by atoms with Gasteiger partial charge in [0.05, 0.1) is 41.0 Å². The van der Waals surface area contributed by atoms with E-state index in [2.05, 4.69) is 36.7 Å². The quantitative estimate of drug-likeness (QED) is 0.325. The lowest BCUT2D eigenvalue weighted by molar-refractivity contribution is 0.0383. The number of aromatic amines is 1. The molecule has 1 aliphatic heterocycles. The molecule has 200 valence electrons. The number of pyridine rings is 1. The first kappa shape index (κ1) is 27.5. The number of sulfonamides is 1. The molecule has 3 heterocycles. The number of benzene rings is 1. The van der Waals surface area contributed by atoms with Gasteiger partial charge in [-0.05, 0) is 37.3 Å². The number of hydrogen-bond acceptors (Lipinski definition) is 7. The molecule has 1 fully saturated rings. The van der Waals surface area contributed by atoms with Gasteiger partial charge in [-0.1, -0.05) is 36.4 Å². The monoisotopic (exact) mass is 556 g/mol. The van der Waals surface area contributed by atoms with Crippen LogP contribution in [0.5, 0.6) is 0 Å². The van der Waals surface area contributed by atoms with E-state index in [1.165, 1.54) is 12.2 Å². The van der Waals surface area contributed by atoms with Gasteiger partial charge >= 0.3 is 0 Å². The van der Waals surface area contributed by atoms with E-state index in [4.69, 9.17) is 16.3 Å². The molecule has 0 aliphatic carbocycles. The van der Waals surface area contributed by atoms with Crippen LogP contribution in [-0.4, -0.2) is 73.8 Å². The molecule has 3 aromatic rings. The van der Waals surface area contributed by atoms with Gasteiger partial charge in [-0.3, -0.25) is 19.5 Å². The maximum atomic E-state index is 13.1. The number of H-pyrrole nitrogens is 1. The van der Waals surface area contributed by atoms with Crippen molar-refractivity contribution in [2.45, 2.75) is 6.92 Å². The molecule has 0 saturated carbocycles. The number of carbonyl (C=O) groups is 1. The van der Waals surface area contributed by atoms with Crippen LogP contribution >= 0.6 is 11.6 Å². The van der Waals surface area contributed by atoms with E-state index in [9.17, 15) is 13.2 Å². The van der Waals surface area contributed by atoms with E-state index in [0.717, 1.165) is 19.6 Å². The zero-order valence-corrected chi connectivity index (χ0v) is 22.5. The van der Waals surface area contributed by atoms with Gasteiger partial charge in [0.2, 0.25) is 0 Å². The number of ether oxygens (including phenoxy) is 1. The largest absolute Gasteiger partial charge is 0.379 e. The Hall–Kier alpha value is -3.51. The Kier molecular flexibility index (Phi) is 8.95. The SMILES string of the molecule is C=C(Cl)/C=C(\C=C/C)S(=O)(=O)Nc1ccc(-c2cc(C(=O)NCCN3CCOCC3)c3cn[nH]c3n2)cc1. The molecule has 3 N–H and O–H groups in total. The highest BCUT2D eigenvalue weighted by molar-refractivity contribution is 7.96. The van der Waals surface area contributed by atoms with Crippen LogP contribution in [0, 0.1) is 0 Å². The molecule has 12 heteroatoms. The number of rotatable bonds is 10. The van der Waals surface area contributed by atoms with Crippen LogP contribution in [0.2, 0.25) is 0 Å². The number of fused-ring (bicyclic) bond motifs is 1. The number of carbonyl (C=O) groups excluding carboxylic acids is 1. The first-order chi connectivity index (χ1) is 18.3. The fourth-order valence-corrected chi connectivity index (χ4v) is 5.33. The highest BCUT2D eigenvalue weighted by Crippen LogP contribution is 2.26. The van der Waals surface area contributed by atoms with Crippen molar-refractivity contribution in [2.24, 2.45) is 0 Å². The minimum atomic E-state index is -3.88. The third-order valence-corrected chi connectivity index (χ3v) is 7.35. The van der Waals surface area contributed by atoms with Crippen molar-refractivity contribution in [1.82, 2.24) is 25.4 Å². The molecule has 38 heavy (non-hydrogen) atoms. The van der Waals surface area contributed by atoms with Crippen LogP contribution < -0.4 is 10.0 Å². The molecule has 0 unspecified atom stereocenters. The summed E-state index contributed by atoms with van der Waals surface area (Å²) in [4.78, 5) is 19.9. The smallest absolute Gasteiger partial charge is 0.261 e. The Morgan fingerprint density at radius 2 is 2.00 bits per heavy atom. The van der Waals surface area contributed by atoms with Crippen molar-refractivity contribution in [2.75, 3.05) is 44.1 Å². The minimum Gasteiger partial charge on any atom is -0.379 e. The molecule has 0 bridgehead atoms. The van der Waals surface area contributed by atoms with Crippen molar-refractivity contribution in [3.05, 3.63) is 76.8 Å². The number of nitrogens with one attached hydrogen (secondary N) is 3. The molecule has 0 spiro atoms. The molecule has 1 saturated heterocycles. The second-order valence-electron chi connectivity index (χ2n) is 8.57. The lowest BCUT2D eigenvalue weighted by atomic mass is 10.1. The summed E-state index contributed by atoms with van der Waals surface area (Å²) in [5.74, 6) is -0.220. The average molecular weight is 557 g/mol. The second-order valence-corrected chi connectivity index (χ2v) is 10.7. The summed E-state index contributed by atoms with van der Waals surface area (Å²) in [6, 6.07) is 8.40. The first-order valence-corrected chi connectivity index (χ1v) is 13.9. The molecule has 0 atom stereocenters. The Bertz CT molecular complexity index is 1480. The standard InChI is InChI=1S/C26H29ClN6O4S/c1-3-4-21(15-18(2)27)38(35,36)32-20-7-5-19(6-8-20)24-16-22(23-17-29-31-25(23)30-24)26(34)28-9-10-33-11-13-37-14-12-33/h3-8,15-17,32H,2,9-14H2,1H3,(H,28,34)(H,29,30,31)/b4-3-,21-15+. The Balaban J connectivity index is 1.52. The summed E-state index contributed by atoms with van der Waals surface area (Å²) in [5, 5.41) is 10.6. The zero-order valence-electron chi connectivity index (χ0n) is 20.9. The van der Waals surface area contributed by atoms with Crippen molar-refractivity contribution >= 4 is 44.3 Å². The number of morpholine rings is 1. The van der Waals surface area contributed by atoms with Gasteiger partial charge in [0, 0.05) is 42.5 Å². The van der Waals surface area contributed by atoms with Crippen LogP contribution in [-0.2, 0) is 14.8 Å². The predicted molar refractivity (Wildman–Crippen MR) is 149 cm³/mol. The molecule has 2 aromatic heterocycles. The number of halogens is 1. The van der Waals surface area contributed by atoms with Crippen LogP contribution in [0.15, 0.2) is 71.3 Å². The Labute approximate surface area is 226 Å². The van der Waals surface area contributed by atoms with Crippen LogP contribution in [0.1, 0.15) is 17.3 Å². The van der Waals surface area contributed by atoms with Crippen molar-refractivity contribution in [1.29, 1.82) is 0 Å². The molecule has 1 aromatic carbocycles. The van der Waals surface area contributed by atoms with E-state index >= 15 is 0 Å². The van der Waals surface area contributed by atoms with Gasteiger partial charge in [-0.25, -0.2) is 13.4 Å². The maximum Gasteiger partial charge on any atom is 0.261 e. The van der Waals surface area contributed by atoms with Crippen molar-refractivity contribution in [3.8, 4) is 11.3 Å². The number of amides is 1. The third kappa shape index (κ3) is 6.87. The molecule has 10 nitrogen and oxygen atoms in total. The van der Waals surface area contributed by atoms with Gasteiger partial charge in [0.1, 0.15) is 0 Å². The number of allylic oxidation sites excluding steroid dienone is 4. The van der Waals surface area contributed by atoms with Crippen LogP contribution in [0.25, 0.3) is 22.3 Å². The molecule has 1 aliphatic rings. The summed E-state index contributed by atoms with van der Waals surface area (Å²) in [7, 11) is -3.88. The Morgan fingerprint density at radius 3 is 2.68 bits per heavy atom. The summed E-state index contributed by atoms with van der Waals surface area (Å²) in [6.45, 7) is 9.59. The first-order valence-electron chi connectivity index (χ1n) is 12.0. The normalized spacial score (nSPS) is 15.2. The molecular weight excluding hydrogens is 528 g/mol. The Morgan fingerprint density at radius 1 is 1.26 bits per heavy atom. The van der Waals surface area contributed by atoms with E-state index < -0.39 is 10.0 Å². The van der Waals surface area contributed by atoms with Crippen LogP contribution in [0.4, 0.5) is 5.69 Å². The fraction of sp³-hybridized carbons (Fsp3) is 0.269. The molecule has 4 rings (SSSR count). The lowest BCUT2D eigenvalue weighted by Crippen LogP contribution is -2.41. The van der Waals surface area contributed by atoms with Gasteiger partial charge in [0.15, 0.2) is 5.65 Å². The number of aromatic nitrogens is 3. The molecule has 0 radical (unpaired) electrons. The van der Waals surface area contributed by atoms with Gasteiger partial charge < -0.3 is 10.1 Å². The van der Waals surface area contributed by atoms with Crippen molar-refractivity contribution < 1.29 is 17.9 Å². The molecular formula is C26H29ClN6O4S. The third-order valence-electron chi connectivity index (χ3n) is 5.86. The van der Waals surface area contributed by atoms with Crippen molar-refractivity contribution in [3.63, 3.8) is 0 Å². The molecule has 1 amide bonds. The number of nitrogens with zero attached hydrogens (tertiary/aromatic N) is 3. The van der Waals surface area contributed by atoms with Crippen LogP contribution in [0.3, 0.4) is 0 Å². The summed E-state index contributed by atoms with van der Waals surface area (Å²) < 4.78 is 33.5. The maximum absolute atomic E-state index is 13.1. The van der Waals surface area contributed by atoms with E-state index in [-0.39, 0.29) is 15.8 Å². The van der Waals surface area contributed by atoms with E-state index in [1.54, 1.807) is 49.5 Å². The van der Waals surface area contributed by atoms with Gasteiger partial charge in [0.25, 0.3) is 15.9 Å². The lowest BCUT2D eigenvalue weighted by Gasteiger charge is -2.26. The van der Waals surface area contributed by atoms with E-state index in [1.807, 2.05) is 0 Å². The highest BCUT2D eigenvalue weighted by atomic mass is 35.5. The minimum absolute atomic E-state index is 0.0142. The topological polar surface area (TPSA) is 129 Å². The van der Waals surface area contributed by atoms with Gasteiger partial charge in [-0.15, -0.1) is 0 Å². The summed E-state index contributed by atoms with van der Waals surface area (Å²) in [5.41, 5.74) is 2.53. The summed E-state index contributed by atoms with van der Waals surface area (Å²) in [6.07, 6.45) is 5.88. The van der Waals surface area contributed by atoms with E-state index in [0.29, 0.717) is 53.3 Å². The number of hydrogen-bond donors (Lipinski definition) is 3. The fourth-order valence-electron chi connectivity index (χ4n) is 3.97. The van der Waals surface area contributed by atoms with Gasteiger partial charge in [-0.2, -0.15) is 5.10 Å². The highest BCUT2D eigenvalue weighted by Gasteiger charge is 2.18. The average Bonchev–Trinajstić information content (AvgIpc) is 3.37. The predicted octanol–water partition coefficient (Wildman–Crippen LogP) is 3.64. The second kappa shape index (κ2) is 12.4.